The zero-order valence-electron chi connectivity index (χ0n) is 9.86. The number of nitrogens with zero attached hydrogens (tertiary/aromatic N) is 2. The summed E-state index contributed by atoms with van der Waals surface area (Å²) in [6, 6.07) is 2.08. The Kier molecular flexibility index (Phi) is 4.29. The van der Waals surface area contributed by atoms with Gasteiger partial charge in [-0.2, -0.15) is 8.42 Å². The third-order valence-corrected chi connectivity index (χ3v) is 5.09. The van der Waals surface area contributed by atoms with Crippen LogP contribution in [-0.2, 0) is 17.1 Å². The maximum Gasteiger partial charge on any atom is 0.282 e. The van der Waals surface area contributed by atoms with Gasteiger partial charge >= 0.3 is 0 Å². The number of hydrogen-bond acceptors (Lipinski definition) is 3. The molecule has 0 aliphatic rings. The van der Waals surface area contributed by atoms with Crippen molar-refractivity contribution in [1.82, 2.24) is 9.55 Å². The second kappa shape index (κ2) is 5.51. The second-order valence-corrected chi connectivity index (χ2v) is 7.02. The highest BCUT2D eigenvalue weighted by molar-refractivity contribution is 9.10. The molecular weight excluding hydrogens is 396 g/mol. The maximum absolute atomic E-state index is 13.1. The molecule has 0 saturated carbocycles. The Morgan fingerprint density at radius 3 is 2.55 bits per heavy atom. The van der Waals surface area contributed by atoms with Gasteiger partial charge in [-0.1, -0.05) is 23.2 Å². The number of sulfonamides is 1. The fraction of sp³-hybridized carbons (Fsp3) is 0.100. The fourth-order valence-corrected chi connectivity index (χ4v) is 4.02. The van der Waals surface area contributed by atoms with Crippen LogP contribution in [0.15, 0.2) is 28.0 Å². The first-order chi connectivity index (χ1) is 9.22. The van der Waals surface area contributed by atoms with E-state index in [0.29, 0.717) is 0 Å². The molecule has 0 amide bonds. The lowest BCUT2D eigenvalue weighted by atomic mass is 10.3. The van der Waals surface area contributed by atoms with Gasteiger partial charge in [0.15, 0.2) is 0 Å². The minimum atomic E-state index is -4.03. The molecule has 1 aromatic carbocycles. The highest BCUT2D eigenvalue weighted by Gasteiger charge is 2.24. The highest BCUT2D eigenvalue weighted by Crippen LogP contribution is 2.34. The van der Waals surface area contributed by atoms with Crippen LogP contribution in [0.3, 0.4) is 0 Å². The van der Waals surface area contributed by atoms with Crippen LogP contribution in [0, 0.1) is 5.82 Å². The third-order valence-electron chi connectivity index (χ3n) is 2.33. The van der Waals surface area contributed by atoms with Crippen molar-refractivity contribution in [3.05, 3.63) is 38.9 Å². The molecule has 2 aromatic rings. The van der Waals surface area contributed by atoms with E-state index < -0.39 is 15.8 Å². The molecule has 0 fully saturated rings. The molecule has 0 spiro atoms. The minimum absolute atomic E-state index is 0.00906. The summed E-state index contributed by atoms with van der Waals surface area (Å²) in [5.74, 6) is -0.597. The van der Waals surface area contributed by atoms with Gasteiger partial charge in [-0.25, -0.2) is 9.37 Å². The van der Waals surface area contributed by atoms with E-state index in [1.54, 1.807) is 7.05 Å². The standard InChI is InChI=1S/C10H7BrCl2FN3O2S/c1-17-4-15-10(9(17)13)20(18,19)16-8-6(11)2-5(14)3-7(8)12/h2-4,16H,1H3. The van der Waals surface area contributed by atoms with Crippen LogP contribution >= 0.6 is 39.1 Å². The molecule has 1 N–H and O–H groups in total. The largest absolute Gasteiger partial charge is 0.324 e. The number of hydrogen-bond donors (Lipinski definition) is 1. The van der Waals surface area contributed by atoms with Gasteiger partial charge in [0.25, 0.3) is 10.0 Å². The summed E-state index contributed by atoms with van der Waals surface area (Å²) >= 11 is 14.7. The molecule has 1 heterocycles. The van der Waals surface area contributed by atoms with Crippen molar-refractivity contribution in [3.8, 4) is 0 Å². The zero-order valence-corrected chi connectivity index (χ0v) is 13.8. The zero-order chi connectivity index (χ0) is 15.1. The topological polar surface area (TPSA) is 64.0 Å². The van der Waals surface area contributed by atoms with Crippen molar-refractivity contribution < 1.29 is 12.8 Å². The van der Waals surface area contributed by atoms with Crippen molar-refractivity contribution >= 4 is 54.8 Å². The van der Waals surface area contributed by atoms with Crippen molar-refractivity contribution in [1.29, 1.82) is 0 Å². The Labute approximate surface area is 132 Å². The van der Waals surface area contributed by atoms with E-state index in [1.165, 1.54) is 10.9 Å². The van der Waals surface area contributed by atoms with E-state index in [0.717, 1.165) is 12.1 Å². The van der Waals surface area contributed by atoms with E-state index in [1.807, 2.05) is 0 Å². The summed E-state index contributed by atoms with van der Waals surface area (Å²) in [5, 5.41) is -0.478. The Morgan fingerprint density at radius 1 is 1.40 bits per heavy atom. The molecule has 1 aromatic heterocycles. The number of imidazole rings is 1. The lowest BCUT2D eigenvalue weighted by molar-refractivity contribution is 0.598. The molecule has 0 atom stereocenters. The molecule has 0 bridgehead atoms. The maximum atomic E-state index is 13.1. The van der Waals surface area contributed by atoms with E-state index in [4.69, 9.17) is 23.2 Å². The summed E-state index contributed by atoms with van der Waals surface area (Å²) in [6.07, 6.45) is 1.26. The van der Waals surface area contributed by atoms with Crippen LogP contribution in [-0.4, -0.2) is 18.0 Å². The summed E-state index contributed by atoms with van der Waals surface area (Å²) in [7, 11) is -2.48. The van der Waals surface area contributed by atoms with Gasteiger partial charge in [0, 0.05) is 11.5 Å². The van der Waals surface area contributed by atoms with Crippen molar-refractivity contribution in [3.63, 3.8) is 0 Å². The molecule has 0 radical (unpaired) electrons. The quantitative estimate of drug-likeness (QED) is 0.855. The van der Waals surface area contributed by atoms with Gasteiger partial charge in [0.2, 0.25) is 5.03 Å². The van der Waals surface area contributed by atoms with Crippen LogP contribution in [0.4, 0.5) is 10.1 Å². The minimum Gasteiger partial charge on any atom is -0.324 e. The van der Waals surface area contributed by atoms with Crippen LogP contribution in [0.25, 0.3) is 0 Å². The first kappa shape index (κ1) is 15.6. The van der Waals surface area contributed by atoms with Gasteiger partial charge in [-0.3, -0.25) is 4.72 Å². The average Bonchev–Trinajstić information content (AvgIpc) is 2.65. The van der Waals surface area contributed by atoms with E-state index in [-0.39, 0.29) is 25.4 Å². The van der Waals surface area contributed by atoms with Crippen LogP contribution in [0.5, 0.6) is 0 Å². The Bertz CT molecular complexity index is 756. The van der Waals surface area contributed by atoms with Crippen LogP contribution in [0.1, 0.15) is 0 Å². The summed E-state index contributed by atoms with van der Waals surface area (Å²) < 4.78 is 41.2. The smallest absolute Gasteiger partial charge is 0.282 e. The highest BCUT2D eigenvalue weighted by atomic mass is 79.9. The second-order valence-electron chi connectivity index (χ2n) is 3.80. The number of halogens is 4. The van der Waals surface area contributed by atoms with Crippen molar-refractivity contribution in [2.75, 3.05) is 4.72 Å². The first-order valence-corrected chi connectivity index (χ1v) is 8.10. The molecule has 0 unspecified atom stereocenters. The monoisotopic (exact) mass is 401 g/mol. The molecule has 10 heteroatoms. The first-order valence-electron chi connectivity index (χ1n) is 5.06. The SMILES string of the molecule is Cn1cnc(S(=O)(=O)Nc2c(Cl)cc(F)cc2Br)c1Cl. The Hall–Kier alpha value is -0.830. The van der Waals surface area contributed by atoms with E-state index in [9.17, 15) is 12.8 Å². The molecule has 0 aliphatic heterocycles. The lowest BCUT2D eigenvalue weighted by Crippen LogP contribution is -2.15. The summed E-state index contributed by atoms with van der Waals surface area (Å²) in [4.78, 5) is 3.71. The van der Waals surface area contributed by atoms with Crippen LogP contribution in [0.2, 0.25) is 10.2 Å². The number of aryl methyl sites for hydroxylation is 1. The fourth-order valence-electron chi connectivity index (χ4n) is 1.40. The molecular formula is C10H7BrCl2FN3O2S. The van der Waals surface area contributed by atoms with Crippen molar-refractivity contribution in [2.45, 2.75) is 5.03 Å². The van der Waals surface area contributed by atoms with Gasteiger partial charge in [-0.15, -0.1) is 0 Å². The molecule has 5 nitrogen and oxygen atoms in total. The molecule has 20 heavy (non-hydrogen) atoms. The van der Waals surface area contributed by atoms with Crippen LogP contribution < -0.4 is 4.72 Å². The van der Waals surface area contributed by atoms with Gasteiger partial charge < -0.3 is 4.57 Å². The molecule has 0 saturated heterocycles. The van der Waals surface area contributed by atoms with Gasteiger partial charge in [-0.05, 0) is 28.1 Å². The third kappa shape index (κ3) is 2.93. The lowest BCUT2D eigenvalue weighted by Gasteiger charge is -2.10. The predicted molar refractivity (Wildman–Crippen MR) is 78.1 cm³/mol. The summed E-state index contributed by atoms with van der Waals surface area (Å²) in [6.45, 7) is 0. The van der Waals surface area contributed by atoms with Gasteiger partial charge in [0.05, 0.1) is 17.0 Å². The van der Waals surface area contributed by atoms with E-state index >= 15 is 0 Å². The number of nitrogens with one attached hydrogen (secondary N) is 1. The number of benzene rings is 1. The predicted octanol–water partition coefficient (Wildman–Crippen LogP) is 3.43. The normalized spacial score (nSPS) is 11.7. The Balaban J connectivity index is 2.47. The molecule has 2 rings (SSSR count). The number of rotatable bonds is 3. The van der Waals surface area contributed by atoms with Crippen molar-refractivity contribution in [2.24, 2.45) is 7.05 Å². The summed E-state index contributed by atoms with van der Waals surface area (Å²) in [5.41, 5.74) is 0.00906. The molecule has 108 valence electrons. The Morgan fingerprint density at radius 2 is 2.05 bits per heavy atom. The molecule has 0 aliphatic carbocycles. The number of aromatic nitrogens is 2. The van der Waals surface area contributed by atoms with E-state index in [2.05, 4.69) is 25.6 Å². The average molecular weight is 403 g/mol. The van der Waals surface area contributed by atoms with Gasteiger partial charge in [0.1, 0.15) is 11.0 Å². The number of anilines is 1.